The Bertz CT molecular complexity index is 943. The number of esters is 2. The molecule has 1 aromatic heterocycles. The molecule has 1 saturated heterocycles. The normalized spacial score (nSPS) is 16.5. The van der Waals surface area contributed by atoms with Crippen LogP contribution in [0.25, 0.3) is 11.0 Å². The quantitative estimate of drug-likeness (QED) is 0.712. The van der Waals surface area contributed by atoms with Crippen molar-refractivity contribution in [2.24, 2.45) is 0 Å². The Labute approximate surface area is 169 Å². The smallest absolute Gasteiger partial charge is 0.338 e. The van der Waals surface area contributed by atoms with Crippen molar-refractivity contribution in [2.75, 3.05) is 19.8 Å². The summed E-state index contributed by atoms with van der Waals surface area (Å²) in [6.07, 6.45) is 2.21. The molecule has 1 aliphatic rings. The summed E-state index contributed by atoms with van der Waals surface area (Å²) in [4.78, 5) is 47.4. The molecule has 8 heteroatoms. The second-order valence-electron chi connectivity index (χ2n) is 7.02. The summed E-state index contributed by atoms with van der Waals surface area (Å²) in [6.45, 7) is 5.74. The molecule has 2 aromatic rings. The molecule has 0 bridgehead atoms. The fourth-order valence-electron chi connectivity index (χ4n) is 3.36. The number of rotatable bonds is 5. The lowest BCUT2D eigenvalue weighted by molar-refractivity contribution is -0.157. The van der Waals surface area contributed by atoms with Crippen molar-refractivity contribution in [3.63, 3.8) is 0 Å². The van der Waals surface area contributed by atoms with Crippen LogP contribution >= 0.6 is 0 Å². The van der Waals surface area contributed by atoms with Crippen LogP contribution in [0.2, 0.25) is 0 Å². The number of hydrogen-bond acceptors (Lipinski definition) is 7. The molecule has 1 aliphatic heterocycles. The second-order valence-corrected chi connectivity index (χ2v) is 7.02. The first-order valence-electron chi connectivity index (χ1n) is 9.79. The number of aryl methyl sites for hydroxylation is 2. The SMILES string of the molecule is CCOC(=O)C1CCCCN1C(=O)COC(=O)c1ccc2nc(C)c(C)nc2c1. The van der Waals surface area contributed by atoms with Gasteiger partial charge in [0, 0.05) is 6.54 Å². The first-order valence-corrected chi connectivity index (χ1v) is 9.79. The van der Waals surface area contributed by atoms with Gasteiger partial charge in [0.2, 0.25) is 0 Å². The van der Waals surface area contributed by atoms with E-state index in [9.17, 15) is 14.4 Å². The van der Waals surface area contributed by atoms with E-state index < -0.39 is 30.5 Å². The topological polar surface area (TPSA) is 98.7 Å². The van der Waals surface area contributed by atoms with Crippen molar-refractivity contribution in [2.45, 2.75) is 46.1 Å². The van der Waals surface area contributed by atoms with Crippen molar-refractivity contribution in [1.29, 1.82) is 0 Å². The summed E-state index contributed by atoms with van der Waals surface area (Å²) >= 11 is 0. The lowest BCUT2D eigenvalue weighted by atomic mass is 10.0. The molecule has 1 fully saturated rings. The van der Waals surface area contributed by atoms with E-state index in [4.69, 9.17) is 9.47 Å². The number of carbonyl (C=O) groups is 3. The maximum Gasteiger partial charge on any atom is 0.338 e. The zero-order chi connectivity index (χ0) is 21.0. The largest absolute Gasteiger partial charge is 0.464 e. The van der Waals surface area contributed by atoms with Crippen LogP contribution in [0.5, 0.6) is 0 Å². The number of fused-ring (bicyclic) bond motifs is 1. The molecule has 1 amide bonds. The maximum atomic E-state index is 12.6. The van der Waals surface area contributed by atoms with Crippen LogP contribution in [0.4, 0.5) is 0 Å². The Balaban J connectivity index is 1.66. The number of benzene rings is 1. The third kappa shape index (κ3) is 4.70. The van der Waals surface area contributed by atoms with E-state index in [2.05, 4.69) is 9.97 Å². The number of aromatic nitrogens is 2. The minimum Gasteiger partial charge on any atom is -0.464 e. The van der Waals surface area contributed by atoms with Crippen molar-refractivity contribution in [3.8, 4) is 0 Å². The molecule has 0 N–H and O–H groups in total. The molecule has 0 radical (unpaired) electrons. The molecular formula is C21H25N3O5. The standard InChI is InChI=1S/C21H25N3O5/c1-4-28-21(27)18-7-5-6-10-24(18)19(25)12-29-20(26)15-8-9-16-17(11-15)23-14(3)13(2)22-16/h8-9,11,18H,4-7,10,12H2,1-3H3. The second kappa shape index (κ2) is 8.98. The molecule has 1 atom stereocenters. The highest BCUT2D eigenvalue weighted by molar-refractivity contribution is 5.95. The van der Waals surface area contributed by atoms with E-state index in [0.717, 1.165) is 24.2 Å². The Kier molecular flexibility index (Phi) is 6.41. The fourth-order valence-corrected chi connectivity index (χ4v) is 3.36. The molecule has 154 valence electrons. The molecule has 1 aromatic carbocycles. The van der Waals surface area contributed by atoms with Crippen LogP contribution in [0.15, 0.2) is 18.2 Å². The zero-order valence-corrected chi connectivity index (χ0v) is 16.9. The first kappa shape index (κ1) is 20.7. The van der Waals surface area contributed by atoms with Gasteiger partial charge in [0.25, 0.3) is 5.91 Å². The lowest BCUT2D eigenvalue weighted by Crippen LogP contribution is -2.50. The zero-order valence-electron chi connectivity index (χ0n) is 16.9. The Morgan fingerprint density at radius 1 is 1.07 bits per heavy atom. The van der Waals surface area contributed by atoms with Crippen molar-refractivity contribution in [3.05, 3.63) is 35.2 Å². The number of hydrogen-bond donors (Lipinski definition) is 0. The Morgan fingerprint density at radius 2 is 1.79 bits per heavy atom. The van der Waals surface area contributed by atoms with Crippen molar-refractivity contribution in [1.82, 2.24) is 14.9 Å². The van der Waals surface area contributed by atoms with Gasteiger partial charge in [0.15, 0.2) is 6.61 Å². The Morgan fingerprint density at radius 3 is 2.52 bits per heavy atom. The van der Waals surface area contributed by atoms with Gasteiger partial charge in [-0.3, -0.25) is 4.79 Å². The molecule has 0 spiro atoms. The molecule has 8 nitrogen and oxygen atoms in total. The van der Waals surface area contributed by atoms with Gasteiger partial charge in [0.05, 0.1) is 34.6 Å². The van der Waals surface area contributed by atoms with Crippen LogP contribution in [0.3, 0.4) is 0 Å². The molecule has 0 saturated carbocycles. The molecule has 29 heavy (non-hydrogen) atoms. The van der Waals surface area contributed by atoms with E-state index in [0.29, 0.717) is 29.6 Å². The van der Waals surface area contributed by atoms with Crippen LogP contribution < -0.4 is 0 Å². The van der Waals surface area contributed by atoms with Crippen molar-refractivity contribution < 1.29 is 23.9 Å². The molecule has 2 heterocycles. The summed E-state index contributed by atoms with van der Waals surface area (Å²) in [5, 5.41) is 0. The van der Waals surface area contributed by atoms with Gasteiger partial charge in [-0.25, -0.2) is 19.6 Å². The number of nitrogens with zero attached hydrogens (tertiary/aromatic N) is 3. The van der Waals surface area contributed by atoms with Crippen molar-refractivity contribution >= 4 is 28.9 Å². The number of piperidine rings is 1. The molecule has 3 rings (SSSR count). The highest BCUT2D eigenvalue weighted by atomic mass is 16.5. The number of carbonyl (C=O) groups excluding carboxylic acids is 3. The van der Waals surface area contributed by atoms with Crippen LogP contribution in [0, 0.1) is 13.8 Å². The summed E-state index contributed by atoms with van der Waals surface area (Å²) in [5.74, 6) is -1.43. The van der Waals surface area contributed by atoms with Gasteiger partial charge in [-0.1, -0.05) is 0 Å². The van der Waals surface area contributed by atoms with Gasteiger partial charge in [-0.05, 0) is 58.2 Å². The highest BCUT2D eigenvalue weighted by Crippen LogP contribution is 2.19. The minimum atomic E-state index is -0.620. The van der Waals surface area contributed by atoms with Crippen LogP contribution in [-0.2, 0) is 19.1 Å². The summed E-state index contributed by atoms with van der Waals surface area (Å²) in [6, 6.07) is 4.29. The van der Waals surface area contributed by atoms with Gasteiger partial charge in [-0.2, -0.15) is 0 Å². The fraction of sp³-hybridized carbons (Fsp3) is 0.476. The van der Waals surface area contributed by atoms with Gasteiger partial charge in [-0.15, -0.1) is 0 Å². The molecular weight excluding hydrogens is 374 g/mol. The summed E-state index contributed by atoms with van der Waals surface area (Å²) in [7, 11) is 0. The third-order valence-corrected chi connectivity index (χ3v) is 5.02. The summed E-state index contributed by atoms with van der Waals surface area (Å²) in [5.41, 5.74) is 3.19. The van der Waals surface area contributed by atoms with E-state index >= 15 is 0 Å². The first-order chi connectivity index (χ1) is 13.9. The predicted octanol–water partition coefficient (Wildman–Crippen LogP) is 2.35. The van der Waals surface area contributed by atoms with Gasteiger partial charge >= 0.3 is 11.9 Å². The van der Waals surface area contributed by atoms with E-state index in [-0.39, 0.29) is 6.61 Å². The monoisotopic (exact) mass is 399 g/mol. The average Bonchev–Trinajstić information content (AvgIpc) is 2.72. The van der Waals surface area contributed by atoms with E-state index in [1.807, 2.05) is 13.8 Å². The molecule has 1 unspecified atom stereocenters. The highest BCUT2D eigenvalue weighted by Gasteiger charge is 2.33. The third-order valence-electron chi connectivity index (χ3n) is 5.02. The number of ether oxygens (including phenoxy) is 2. The lowest BCUT2D eigenvalue weighted by Gasteiger charge is -2.33. The van der Waals surface area contributed by atoms with Gasteiger partial charge < -0.3 is 14.4 Å². The maximum absolute atomic E-state index is 12.6. The molecule has 0 aliphatic carbocycles. The average molecular weight is 399 g/mol. The van der Waals surface area contributed by atoms with E-state index in [1.165, 1.54) is 4.90 Å². The van der Waals surface area contributed by atoms with Crippen LogP contribution in [0.1, 0.15) is 47.9 Å². The Hall–Kier alpha value is -3.03. The minimum absolute atomic E-state index is 0.260. The predicted molar refractivity (Wildman–Crippen MR) is 105 cm³/mol. The number of likely N-dealkylation sites (tertiary alicyclic amines) is 1. The van der Waals surface area contributed by atoms with Gasteiger partial charge in [0.1, 0.15) is 6.04 Å². The van der Waals surface area contributed by atoms with Crippen LogP contribution in [-0.4, -0.2) is 58.5 Å². The summed E-state index contributed by atoms with van der Waals surface area (Å²) < 4.78 is 10.3. The number of amides is 1. The van der Waals surface area contributed by atoms with E-state index in [1.54, 1.807) is 25.1 Å².